The van der Waals surface area contributed by atoms with Crippen LogP contribution in [-0.4, -0.2) is 35.4 Å². The average Bonchev–Trinajstić information content (AvgIpc) is 2.61. The van der Waals surface area contributed by atoms with Crippen LogP contribution in [0.3, 0.4) is 0 Å². The van der Waals surface area contributed by atoms with Crippen molar-refractivity contribution in [2.75, 3.05) is 13.2 Å². The maximum atomic E-state index is 8.90. The second-order valence-corrected chi connectivity index (χ2v) is 6.28. The van der Waals surface area contributed by atoms with Gasteiger partial charge in [0.2, 0.25) is 0 Å². The number of aliphatic hydroxyl groups is 1. The lowest BCUT2D eigenvalue weighted by Crippen LogP contribution is -2.37. The van der Waals surface area contributed by atoms with Gasteiger partial charge in [0.05, 0.1) is 12.7 Å². The minimum Gasteiger partial charge on any atom is -0.490 e. The molecule has 0 atom stereocenters. The molecular formula is C19H26N2O2. The quantitative estimate of drug-likeness (QED) is 0.860. The Morgan fingerprint density at radius 1 is 1.22 bits per heavy atom. The van der Waals surface area contributed by atoms with Gasteiger partial charge in [0.1, 0.15) is 5.75 Å². The van der Waals surface area contributed by atoms with Gasteiger partial charge in [-0.15, -0.1) is 0 Å². The van der Waals surface area contributed by atoms with Gasteiger partial charge in [-0.05, 0) is 43.7 Å². The third-order valence-electron chi connectivity index (χ3n) is 4.72. The van der Waals surface area contributed by atoms with E-state index < -0.39 is 0 Å². The van der Waals surface area contributed by atoms with Crippen LogP contribution in [0.2, 0.25) is 0 Å². The van der Waals surface area contributed by atoms with E-state index in [1.807, 2.05) is 18.5 Å². The highest BCUT2D eigenvalue weighted by Crippen LogP contribution is 2.32. The normalized spacial score (nSPS) is 21.5. The maximum absolute atomic E-state index is 8.90. The van der Waals surface area contributed by atoms with Crippen molar-refractivity contribution < 1.29 is 9.84 Å². The van der Waals surface area contributed by atoms with Gasteiger partial charge in [-0.2, -0.15) is 0 Å². The summed E-state index contributed by atoms with van der Waals surface area (Å²) in [5.41, 5.74) is 1.25. The number of aliphatic hydroxyl groups excluding tert-OH is 1. The first-order chi connectivity index (χ1) is 11.3. The Balaban J connectivity index is 1.70. The molecule has 23 heavy (non-hydrogen) atoms. The molecule has 0 aliphatic heterocycles. The van der Waals surface area contributed by atoms with Gasteiger partial charge >= 0.3 is 0 Å². The van der Waals surface area contributed by atoms with Crippen LogP contribution < -0.4 is 10.1 Å². The molecule has 1 saturated carbocycles. The van der Waals surface area contributed by atoms with Crippen molar-refractivity contribution in [2.24, 2.45) is 0 Å². The number of aromatic nitrogens is 1. The number of aryl methyl sites for hydroxylation is 1. The number of hydrogen-bond donors (Lipinski definition) is 2. The molecule has 4 heteroatoms. The smallest absolute Gasteiger partial charge is 0.127 e. The predicted molar refractivity (Wildman–Crippen MR) is 92.9 cm³/mol. The SMILES string of the molecule is CCc1cncc2cccc(O[C@H]3CC[C@@H](NCCO)CC3)c12. The van der Waals surface area contributed by atoms with E-state index in [-0.39, 0.29) is 12.7 Å². The zero-order valence-corrected chi connectivity index (χ0v) is 13.8. The number of pyridine rings is 1. The van der Waals surface area contributed by atoms with E-state index in [1.165, 1.54) is 10.9 Å². The van der Waals surface area contributed by atoms with Gasteiger partial charge in [-0.3, -0.25) is 4.98 Å². The third kappa shape index (κ3) is 3.82. The van der Waals surface area contributed by atoms with E-state index in [0.29, 0.717) is 12.6 Å². The molecule has 3 rings (SSSR count). The Morgan fingerprint density at radius 3 is 2.78 bits per heavy atom. The van der Waals surface area contributed by atoms with E-state index in [1.54, 1.807) is 0 Å². The molecule has 2 N–H and O–H groups in total. The first kappa shape index (κ1) is 16.2. The molecule has 1 fully saturated rings. The van der Waals surface area contributed by atoms with Crippen molar-refractivity contribution >= 4 is 10.8 Å². The molecule has 0 amide bonds. The fourth-order valence-corrected chi connectivity index (χ4v) is 3.47. The number of benzene rings is 1. The molecule has 1 heterocycles. The third-order valence-corrected chi connectivity index (χ3v) is 4.72. The summed E-state index contributed by atoms with van der Waals surface area (Å²) in [5, 5.41) is 14.7. The van der Waals surface area contributed by atoms with E-state index in [9.17, 15) is 0 Å². The Bertz CT molecular complexity index is 631. The number of rotatable bonds is 6. The number of nitrogens with zero attached hydrogens (tertiary/aromatic N) is 1. The fraction of sp³-hybridized carbons (Fsp3) is 0.526. The van der Waals surface area contributed by atoms with Crippen LogP contribution >= 0.6 is 0 Å². The highest BCUT2D eigenvalue weighted by molar-refractivity contribution is 5.90. The summed E-state index contributed by atoms with van der Waals surface area (Å²) in [4.78, 5) is 4.33. The monoisotopic (exact) mass is 314 g/mol. The second-order valence-electron chi connectivity index (χ2n) is 6.28. The van der Waals surface area contributed by atoms with Crippen molar-refractivity contribution in [2.45, 2.75) is 51.2 Å². The maximum Gasteiger partial charge on any atom is 0.127 e. The van der Waals surface area contributed by atoms with Crippen molar-refractivity contribution in [1.82, 2.24) is 10.3 Å². The van der Waals surface area contributed by atoms with Gasteiger partial charge in [0.15, 0.2) is 0 Å². The summed E-state index contributed by atoms with van der Waals surface area (Å²) >= 11 is 0. The minimum absolute atomic E-state index is 0.209. The van der Waals surface area contributed by atoms with Crippen LogP contribution in [0.5, 0.6) is 5.75 Å². The van der Waals surface area contributed by atoms with E-state index in [2.05, 4.69) is 29.4 Å². The molecule has 0 saturated heterocycles. The van der Waals surface area contributed by atoms with Gasteiger partial charge in [-0.25, -0.2) is 0 Å². The Morgan fingerprint density at radius 2 is 2.04 bits per heavy atom. The van der Waals surface area contributed by atoms with Crippen molar-refractivity contribution in [3.63, 3.8) is 0 Å². The minimum atomic E-state index is 0.209. The molecule has 1 aliphatic rings. The second kappa shape index (κ2) is 7.75. The number of ether oxygens (including phenoxy) is 1. The largest absolute Gasteiger partial charge is 0.490 e. The molecule has 0 spiro atoms. The summed E-state index contributed by atoms with van der Waals surface area (Å²) in [5.74, 6) is 0.994. The van der Waals surface area contributed by atoms with Crippen LogP contribution in [0.1, 0.15) is 38.2 Å². The van der Waals surface area contributed by atoms with Crippen molar-refractivity contribution in [3.8, 4) is 5.75 Å². The van der Waals surface area contributed by atoms with Gasteiger partial charge in [-0.1, -0.05) is 19.1 Å². The summed E-state index contributed by atoms with van der Waals surface area (Å²) in [6.07, 6.45) is 9.45. The van der Waals surface area contributed by atoms with Crippen molar-refractivity contribution in [3.05, 3.63) is 36.2 Å². The molecule has 124 valence electrons. The van der Waals surface area contributed by atoms with E-state index >= 15 is 0 Å². The Hall–Kier alpha value is -1.65. The molecule has 4 nitrogen and oxygen atoms in total. The van der Waals surface area contributed by atoms with Crippen LogP contribution in [0, 0.1) is 0 Å². The van der Waals surface area contributed by atoms with Gasteiger partial charge < -0.3 is 15.2 Å². The Kier molecular flexibility index (Phi) is 5.47. The molecule has 1 aromatic heterocycles. The molecule has 0 bridgehead atoms. The van der Waals surface area contributed by atoms with Crippen LogP contribution in [0.25, 0.3) is 10.8 Å². The zero-order chi connectivity index (χ0) is 16.1. The fourth-order valence-electron chi connectivity index (χ4n) is 3.47. The summed E-state index contributed by atoms with van der Waals surface area (Å²) < 4.78 is 6.36. The lowest BCUT2D eigenvalue weighted by Gasteiger charge is -2.30. The highest BCUT2D eigenvalue weighted by atomic mass is 16.5. The van der Waals surface area contributed by atoms with Gasteiger partial charge in [0.25, 0.3) is 0 Å². The molecule has 1 aromatic carbocycles. The summed E-state index contributed by atoms with van der Waals surface area (Å²) in [6.45, 7) is 3.05. The van der Waals surface area contributed by atoms with Crippen LogP contribution in [-0.2, 0) is 6.42 Å². The topological polar surface area (TPSA) is 54.4 Å². The molecule has 1 aliphatic carbocycles. The number of nitrogens with one attached hydrogen (secondary N) is 1. The van der Waals surface area contributed by atoms with Crippen LogP contribution in [0.4, 0.5) is 0 Å². The highest BCUT2D eigenvalue weighted by Gasteiger charge is 2.22. The first-order valence-corrected chi connectivity index (χ1v) is 8.68. The summed E-state index contributed by atoms with van der Waals surface area (Å²) in [7, 11) is 0. The number of fused-ring (bicyclic) bond motifs is 1. The first-order valence-electron chi connectivity index (χ1n) is 8.68. The van der Waals surface area contributed by atoms with Gasteiger partial charge in [0, 0.05) is 35.8 Å². The average molecular weight is 314 g/mol. The predicted octanol–water partition coefficient (Wildman–Crippen LogP) is 3.07. The Labute approximate surface area is 137 Å². The number of hydrogen-bond acceptors (Lipinski definition) is 4. The molecule has 2 aromatic rings. The lowest BCUT2D eigenvalue weighted by molar-refractivity contribution is 0.139. The molecule has 0 unspecified atom stereocenters. The van der Waals surface area contributed by atoms with Crippen molar-refractivity contribution in [1.29, 1.82) is 0 Å². The summed E-state index contributed by atoms with van der Waals surface area (Å²) in [6, 6.07) is 6.75. The zero-order valence-electron chi connectivity index (χ0n) is 13.8. The van der Waals surface area contributed by atoms with E-state index in [0.717, 1.165) is 43.2 Å². The standard InChI is InChI=1S/C19H26N2O2/c1-2-14-12-20-13-15-4-3-5-18(19(14)15)23-17-8-6-16(7-9-17)21-10-11-22/h3-5,12-13,16-17,21-22H,2,6-11H2,1H3/t16-,17+. The molecular weight excluding hydrogens is 288 g/mol. The molecule has 0 radical (unpaired) electrons. The lowest BCUT2D eigenvalue weighted by atomic mass is 9.93. The van der Waals surface area contributed by atoms with E-state index in [4.69, 9.17) is 9.84 Å². The van der Waals surface area contributed by atoms with Crippen LogP contribution in [0.15, 0.2) is 30.6 Å².